The SMILES string of the molecule is c1ccc(CSc2nnc(COc3ccccc3)n2Cc2ccccc2)cc1. The third-order valence-electron chi connectivity index (χ3n) is 4.30. The van der Waals surface area contributed by atoms with Crippen molar-refractivity contribution in [2.24, 2.45) is 0 Å². The van der Waals surface area contributed by atoms with Gasteiger partial charge in [0.25, 0.3) is 0 Å². The van der Waals surface area contributed by atoms with Crippen LogP contribution in [0.3, 0.4) is 0 Å². The smallest absolute Gasteiger partial charge is 0.191 e. The average molecular weight is 388 g/mol. The van der Waals surface area contributed by atoms with Crippen LogP contribution in [0, 0.1) is 0 Å². The van der Waals surface area contributed by atoms with E-state index in [1.54, 1.807) is 11.8 Å². The Morgan fingerprint density at radius 3 is 2.00 bits per heavy atom. The number of nitrogens with zero attached hydrogens (tertiary/aromatic N) is 3. The van der Waals surface area contributed by atoms with E-state index in [9.17, 15) is 0 Å². The molecule has 28 heavy (non-hydrogen) atoms. The second-order valence-corrected chi connectivity index (χ2v) is 7.29. The average Bonchev–Trinajstić information content (AvgIpc) is 3.14. The lowest BCUT2D eigenvalue weighted by Crippen LogP contribution is -2.09. The molecule has 0 saturated carbocycles. The van der Waals surface area contributed by atoms with Gasteiger partial charge in [0.05, 0.1) is 6.54 Å². The molecule has 4 aromatic rings. The standard InChI is InChI=1S/C23H21N3OS/c1-4-10-19(11-5-1)16-26-22(17-27-21-14-8-3-9-15-21)24-25-23(26)28-18-20-12-6-2-7-13-20/h1-15H,16-18H2. The van der Waals surface area contributed by atoms with E-state index < -0.39 is 0 Å². The zero-order valence-electron chi connectivity index (χ0n) is 15.4. The molecular formula is C23H21N3OS. The Labute approximate surface area is 169 Å². The molecule has 0 bridgehead atoms. The molecule has 0 aliphatic rings. The Morgan fingerprint density at radius 2 is 1.32 bits per heavy atom. The van der Waals surface area contributed by atoms with E-state index in [4.69, 9.17) is 4.74 Å². The van der Waals surface area contributed by atoms with Crippen molar-refractivity contribution in [3.63, 3.8) is 0 Å². The van der Waals surface area contributed by atoms with Crippen molar-refractivity contribution in [3.05, 3.63) is 108 Å². The summed E-state index contributed by atoms with van der Waals surface area (Å²) in [5.74, 6) is 2.51. The summed E-state index contributed by atoms with van der Waals surface area (Å²) in [7, 11) is 0. The lowest BCUT2D eigenvalue weighted by molar-refractivity contribution is 0.289. The molecule has 1 aromatic heterocycles. The Bertz CT molecular complexity index is 927. The summed E-state index contributed by atoms with van der Waals surface area (Å²) in [6, 6.07) is 30.6. The zero-order valence-corrected chi connectivity index (χ0v) is 16.3. The zero-order chi connectivity index (χ0) is 19.0. The minimum absolute atomic E-state index is 0.385. The highest BCUT2D eigenvalue weighted by Gasteiger charge is 2.14. The molecule has 0 atom stereocenters. The summed E-state index contributed by atoms with van der Waals surface area (Å²) in [6.07, 6.45) is 0. The predicted octanol–water partition coefficient (Wildman–Crippen LogP) is 5.20. The van der Waals surface area contributed by atoms with E-state index in [2.05, 4.69) is 63.3 Å². The van der Waals surface area contributed by atoms with Crippen LogP contribution in [0.15, 0.2) is 96.2 Å². The lowest BCUT2D eigenvalue weighted by atomic mass is 10.2. The molecule has 0 amide bonds. The monoisotopic (exact) mass is 387 g/mol. The molecule has 0 unspecified atom stereocenters. The van der Waals surface area contributed by atoms with Crippen LogP contribution in [0.1, 0.15) is 17.0 Å². The Morgan fingerprint density at radius 1 is 0.714 bits per heavy atom. The van der Waals surface area contributed by atoms with Gasteiger partial charge in [-0.3, -0.25) is 4.57 Å². The van der Waals surface area contributed by atoms with Gasteiger partial charge in [0.1, 0.15) is 12.4 Å². The summed E-state index contributed by atoms with van der Waals surface area (Å²) in [6.45, 7) is 1.11. The van der Waals surface area contributed by atoms with Crippen LogP contribution in [-0.4, -0.2) is 14.8 Å². The highest BCUT2D eigenvalue weighted by molar-refractivity contribution is 7.98. The molecule has 0 spiro atoms. The van der Waals surface area contributed by atoms with Gasteiger partial charge in [-0.1, -0.05) is 90.6 Å². The number of hydrogen-bond donors (Lipinski definition) is 0. The third-order valence-corrected chi connectivity index (χ3v) is 5.34. The number of thioether (sulfide) groups is 1. The van der Waals surface area contributed by atoms with Crippen LogP contribution in [-0.2, 0) is 18.9 Å². The van der Waals surface area contributed by atoms with Crippen LogP contribution in [0.25, 0.3) is 0 Å². The van der Waals surface area contributed by atoms with Crippen molar-refractivity contribution in [2.75, 3.05) is 0 Å². The molecule has 0 fully saturated rings. The van der Waals surface area contributed by atoms with E-state index >= 15 is 0 Å². The van der Waals surface area contributed by atoms with Gasteiger partial charge >= 0.3 is 0 Å². The maximum Gasteiger partial charge on any atom is 0.191 e. The maximum absolute atomic E-state index is 5.91. The van der Waals surface area contributed by atoms with E-state index in [1.165, 1.54) is 11.1 Å². The fourth-order valence-electron chi connectivity index (χ4n) is 2.84. The first kappa shape index (κ1) is 18.3. The highest BCUT2D eigenvalue weighted by Crippen LogP contribution is 2.23. The van der Waals surface area contributed by atoms with Gasteiger partial charge in [-0.15, -0.1) is 10.2 Å². The fourth-order valence-corrected chi connectivity index (χ4v) is 3.76. The molecular weight excluding hydrogens is 366 g/mol. The molecule has 4 rings (SSSR count). The normalized spacial score (nSPS) is 10.7. The number of hydrogen-bond acceptors (Lipinski definition) is 4. The summed E-state index contributed by atoms with van der Waals surface area (Å²) in [4.78, 5) is 0. The van der Waals surface area contributed by atoms with Gasteiger partial charge in [-0.2, -0.15) is 0 Å². The minimum atomic E-state index is 0.385. The van der Waals surface area contributed by atoms with E-state index in [0.717, 1.165) is 29.0 Å². The topological polar surface area (TPSA) is 39.9 Å². The third kappa shape index (κ3) is 4.81. The molecule has 140 valence electrons. The number of aromatic nitrogens is 3. The number of benzene rings is 3. The molecule has 0 N–H and O–H groups in total. The number of ether oxygens (including phenoxy) is 1. The van der Waals surface area contributed by atoms with Crippen LogP contribution < -0.4 is 4.74 Å². The predicted molar refractivity (Wildman–Crippen MR) is 112 cm³/mol. The Hall–Kier alpha value is -3.05. The first-order valence-electron chi connectivity index (χ1n) is 9.19. The second kappa shape index (κ2) is 9.24. The quantitative estimate of drug-likeness (QED) is 0.390. The van der Waals surface area contributed by atoms with E-state index in [1.807, 2.05) is 42.5 Å². The van der Waals surface area contributed by atoms with Crippen LogP contribution in [0.4, 0.5) is 0 Å². The maximum atomic E-state index is 5.91. The second-order valence-electron chi connectivity index (χ2n) is 6.35. The van der Waals surface area contributed by atoms with Gasteiger partial charge in [0.2, 0.25) is 0 Å². The van der Waals surface area contributed by atoms with E-state index in [-0.39, 0.29) is 0 Å². The summed E-state index contributed by atoms with van der Waals surface area (Å²) < 4.78 is 8.06. The Kier molecular flexibility index (Phi) is 6.05. The van der Waals surface area contributed by atoms with Crippen LogP contribution in [0.5, 0.6) is 5.75 Å². The van der Waals surface area contributed by atoms with Crippen molar-refractivity contribution < 1.29 is 4.74 Å². The molecule has 5 heteroatoms. The first-order chi connectivity index (χ1) is 13.9. The molecule has 4 nitrogen and oxygen atoms in total. The lowest BCUT2D eigenvalue weighted by Gasteiger charge is -2.11. The Balaban J connectivity index is 1.53. The van der Waals surface area contributed by atoms with Crippen LogP contribution in [0.2, 0.25) is 0 Å². The van der Waals surface area contributed by atoms with Crippen molar-refractivity contribution >= 4 is 11.8 Å². The minimum Gasteiger partial charge on any atom is -0.486 e. The molecule has 0 saturated heterocycles. The van der Waals surface area contributed by atoms with E-state index in [0.29, 0.717) is 6.61 Å². The van der Waals surface area contributed by atoms with Gasteiger partial charge in [0.15, 0.2) is 11.0 Å². The largest absolute Gasteiger partial charge is 0.486 e. The molecule has 0 radical (unpaired) electrons. The van der Waals surface area contributed by atoms with Crippen molar-refractivity contribution in [1.82, 2.24) is 14.8 Å². The first-order valence-corrected chi connectivity index (χ1v) is 10.2. The van der Waals surface area contributed by atoms with Crippen molar-refractivity contribution in [1.29, 1.82) is 0 Å². The fraction of sp³-hybridized carbons (Fsp3) is 0.130. The summed E-state index contributed by atoms with van der Waals surface area (Å²) >= 11 is 1.70. The number of rotatable bonds is 8. The van der Waals surface area contributed by atoms with Gasteiger partial charge in [0, 0.05) is 5.75 Å². The molecule has 0 aliphatic heterocycles. The molecule has 3 aromatic carbocycles. The van der Waals surface area contributed by atoms with Crippen molar-refractivity contribution in [2.45, 2.75) is 24.1 Å². The summed E-state index contributed by atoms with van der Waals surface area (Å²) in [5, 5.41) is 9.74. The van der Waals surface area contributed by atoms with Crippen molar-refractivity contribution in [3.8, 4) is 5.75 Å². The van der Waals surface area contributed by atoms with Gasteiger partial charge in [-0.05, 0) is 23.3 Å². The van der Waals surface area contributed by atoms with Crippen LogP contribution >= 0.6 is 11.8 Å². The molecule has 1 heterocycles. The highest BCUT2D eigenvalue weighted by atomic mass is 32.2. The van der Waals surface area contributed by atoms with Gasteiger partial charge < -0.3 is 4.74 Å². The summed E-state index contributed by atoms with van der Waals surface area (Å²) in [5.41, 5.74) is 2.48. The van der Waals surface area contributed by atoms with Gasteiger partial charge in [-0.25, -0.2) is 0 Å². The molecule has 0 aliphatic carbocycles. The number of para-hydroxylation sites is 1.